The van der Waals surface area contributed by atoms with Gasteiger partial charge in [0, 0.05) is 30.4 Å². The van der Waals surface area contributed by atoms with Crippen molar-refractivity contribution in [2.24, 2.45) is 28.6 Å². The first-order chi connectivity index (χ1) is 11.0. The minimum absolute atomic E-state index is 0.0615. The van der Waals surface area contributed by atoms with Crippen molar-refractivity contribution < 1.29 is 5.11 Å². The topological polar surface area (TPSA) is 23.5 Å². The lowest BCUT2D eigenvalue weighted by Gasteiger charge is -2.60. The summed E-state index contributed by atoms with van der Waals surface area (Å²) in [6, 6.07) is 0.670. The molecule has 3 saturated carbocycles. The van der Waals surface area contributed by atoms with Crippen LogP contribution in [0.4, 0.5) is 0 Å². The number of aliphatic hydroxyl groups is 1. The van der Waals surface area contributed by atoms with Crippen LogP contribution in [0.15, 0.2) is 12.2 Å². The molecule has 2 nitrogen and oxygen atoms in total. The molecule has 0 unspecified atom stereocenters. The Morgan fingerprint density at radius 3 is 2.74 bits per heavy atom. The number of aliphatic hydroxyl groups excluding tert-OH is 1. The van der Waals surface area contributed by atoms with E-state index in [-0.39, 0.29) is 11.5 Å². The summed E-state index contributed by atoms with van der Waals surface area (Å²) in [4.78, 5) is 2.63. The Hall–Kier alpha value is -0.0500. The molecule has 3 heteroatoms. The Morgan fingerprint density at radius 2 is 1.96 bits per heavy atom. The van der Waals surface area contributed by atoms with E-state index in [9.17, 15) is 5.11 Å². The third-order valence-corrected chi connectivity index (χ3v) is 8.48. The van der Waals surface area contributed by atoms with Crippen LogP contribution in [0.5, 0.6) is 0 Å². The highest BCUT2D eigenvalue weighted by atomic mass is 35.5. The van der Waals surface area contributed by atoms with Crippen LogP contribution < -0.4 is 0 Å². The van der Waals surface area contributed by atoms with Gasteiger partial charge in [-0.1, -0.05) is 26.0 Å². The summed E-state index contributed by atoms with van der Waals surface area (Å²) >= 11 is 6.06. The molecule has 1 heterocycles. The molecule has 4 aliphatic rings. The first kappa shape index (κ1) is 16.4. The van der Waals surface area contributed by atoms with Crippen LogP contribution >= 0.6 is 11.6 Å². The van der Waals surface area contributed by atoms with E-state index < -0.39 is 0 Å². The fourth-order valence-corrected chi connectivity index (χ4v) is 7.30. The molecule has 0 saturated heterocycles. The second-order valence-corrected chi connectivity index (χ2v) is 9.44. The van der Waals surface area contributed by atoms with Crippen LogP contribution in [-0.2, 0) is 0 Å². The van der Waals surface area contributed by atoms with Crippen molar-refractivity contribution in [1.29, 1.82) is 0 Å². The highest BCUT2D eigenvalue weighted by Gasteiger charge is 2.59. The van der Waals surface area contributed by atoms with E-state index in [1.807, 2.05) is 0 Å². The van der Waals surface area contributed by atoms with Crippen molar-refractivity contribution in [2.45, 2.75) is 64.5 Å². The Kier molecular flexibility index (Phi) is 4.10. The standard InChI is InChI=1S/C20H32ClNO/c1-19-9-3-12-22(13-11-21)17(19)6-4-14-15-5-7-18(23)20(15,2)10-8-16(14)19/h3,9,14-18,23H,4-8,10-13H2,1-2H3/t14-,15-,16-,17+,18-,19+,20-/m0/s1. The first-order valence-electron chi connectivity index (χ1n) is 9.66. The van der Waals surface area contributed by atoms with Crippen molar-refractivity contribution >= 4 is 11.6 Å². The van der Waals surface area contributed by atoms with Crippen LogP contribution in [0.2, 0.25) is 0 Å². The Labute approximate surface area is 146 Å². The van der Waals surface area contributed by atoms with Crippen LogP contribution in [-0.4, -0.2) is 41.1 Å². The minimum Gasteiger partial charge on any atom is -0.393 e. The molecule has 23 heavy (non-hydrogen) atoms. The van der Waals surface area contributed by atoms with Gasteiger partial charge in [0.1, 0.15) is 0 Å². The SMILES string of the molecule is C[C@]12C=CCN(CCCl)[C@@H]1CC[C@@H]1[C@@H]2CC[C@]2(C)[C@@H](O)CC[C@@H]12. The van der Waals surface area contributed by atoms with Crippen LogP contribution in [0, 0.1) is 28.6 Å². The predicted molar refractivity (Wildman–Crippen MR) is 95.6 cm³/mol. The highest BCUT2D eigenvalue weighted by Crippen LogP contribution is 2.63. The molecular weight excluding hydrogens is 306 g/mol. The molecule has 0 spiro atoms. The molecule has 4 rings (SSSR count). The summed E-state index contributed by atoms with van der Waals surface area (Å²) in [5.74, 6) is 3.08. The maximum absolute atomic E-state index is 10.5. The quantitative estimate of drug-likeness (QED) is 0.606. The van der Waals surface area contributed by atoms with Gasteiger partial charge in [-0.2, -0.15) is 0 Å². The van der Waals surface area contributed by atoms with Crippen molar-refractivity contribution in [3.8, 4) is 0 Å². The Morgan fingerprint density at radius 1 is 1.13 bits per heavy atom. The monoisotopic (exact) mass is 337 g/mol. The number of rotatable bonds is 2. The number of alkyl halides is 1. The molecule has 130 valence electrons. The lowest BCUT2D eigenvalue weighted by molar-refractivity contribution is -0.102. The second-order valence-electron chi connectivity index (χ2n) is 9.06. The highest BCUT2D eigenvalue weighted by molar-refractivity contribution is 6.18. The third kappa shape index (κ3) is 2.28. The van der Waals surface area contributed by atoms with Crippen LogP contribution in [0.3, 0.4) is 0 Å². The third-order valence-electron chi connectivity index (χ3n) is 8.31. The molecule has 1 aliphatic heterocycles. The zero-order valence-corrected chi connectivity index (χ0v) is 15.4. The zero-order valence-electron chi connectivity index (χ0n) is 14.7. The summed E-state index contributed by atoms with van der Waals surface area (Å²) in [6.45, 7) is 6.98. The van der Waals surface area contributed by atoms with Crippen LogP contribution in [0.1, 0.15) is 52.4 Å². The van der Waals surface area contributed by atoms with E-state index in [0.29, 0.717) is 11.5 Å². The smallest absolute Gasteiger partial charge is 0.0596 e. The molecule has 3 aliphatic carbocycles. The van der Waals surface area contributed by atoms with Gasteiger partial charge in [-0.25, -0.2) is 0 Å². The molecule has 7 atom stereocenters. The van der Waals surface area contributed by atoms with Gasteiger partial charge in [-0.3, -0.25) is 4.90 Å². The van der Waals surface area contributed by atoms with Gasteiger partial charge in [0.15, 0.2) is 0 Å². The fraction of sp³-hybridized carbons (Fsp3) is 0.900. The summed E-state index contributed by atoms with van der Waals surface area (Å²) in [6.07, 6.45) is 12.3. The molecule has 0 aromatic heterocycles. The van der Waals surface area contributed by atoms with E-state index in [0.717, 1.165) is 43.1 Å². The zero-order chi connectivity index (χ0) is 16.2. The summed E-state index contributed by atoms with van der Waals surface area (Å²) in [5, 5.41) is 10.5. The van der Waals surface area contributed by atoms with Crippen molar-refractivity contribution in [3.05, 3.63) is 12.2 Å². The van der Waals surface area contributed by atoms with Crippen molar-refractivity contribution in [3.63, 3.8) is 0 Å². The van der Waals surface area contributed by atoms with Gasteiger partial charge >= 0.3 is 0 Å². The van der Waals surface area contributed by atoms with Gasteiger partial charge in [0.2, 0.25) is 0 Å². The molecule has 0 aromatic carbocycles. The molecule has 1 N–H and O–H groups in total. The molecule has 0 amide bonds. The molecular formula is C20H32ClNO. The van der Waals surface area contributed by atoms with Gasteiger partial charge < -0.3 is 5.11 Å². The molecule has 0 aromatic rings. The number of halogens is 1. The lowest BCUT2D eigenvalue weighted by Crippen LogP contribution is -2.59. The van der Waals surface area contributed by atoms with Gasteiger partial charge in [-0.15, -0.1) is 11.6 Å². The maximum Gasteiger partial charge on any atom is 0.0596 e. The van der Waals surface area contributed by atoms with E-state index >= 15 is 0 Å². The van der Waals surface area contributed by atoms with E-state index in [4.69, 9.17) is 11.6 Å². The number of nitrogens with zero attached hydrogens (tertiary/aromatic N) is 1. The molecule has 3 fully saturated rings. The maximum atomic E-state index is 10.5. The van der Waals surface area contributed by atoms with Crippen molar-refractivity contribution in [1.82, 2.24) is 4.90 Å². The fourth-order valence-electron chi connectivity index (χ4n) is 7.08. The molecule has 0 bridgehead atoms. The summed E-state index contributed by atoms with van der Waals surface area (Å²) in [5.41, 5.74) is 0.501. The first-order valence-corrected chi connectivity index (χ1v) is 10.2. The number of fused-ring (bicyclic) bond motifs is 5. The Bertz CT molecular complexity index is 494. The van der Waals surface area contributed by atoms with E-state index in [2.05, 4.69) is 30.9 Å². The van der Waals surface area contributed by atoms with Gasteiger partial charge in [0.25, 0.3) is 0 Å². The van der Waals surface area contributed by atoms with Crippen molar-refractivity contribution in [2.75, 3.05) is 19.0 Å². The van der Waals surface area contributed by atoms with Gasteiger partial charge in [-0.05, 0) is 61.7 Å². The summed E-state index contributed by atoms with van der Waals surface area (Å²) in [7, 11) is 0. The average Bonchev–Trinajstić information content (AvgIpc) is 2.83. The average molecular weight is 338 g/mol. The van der Waals surface area contributed by atoms with Gasteiger partial charge in [0.05, 0.1) is 6.10 Å². The normalized spacial score (nSPS) is 52.8. The largest absolute Gasteiger partial charge is 0.393 e. The minimum atomic E-state index is -0.0615. The second kappa shape index (κ2) is 5.75. The Balaban J connectivity index is 1.63. The van der Waals surface area contributed by atoms with Crippen LogP contribution in [0.25, 0.3) is 0 Å². The van der Waals surface area contributed by atoms with E-state index in [1.54, 1.807) is 0 Å². The lowest BCUT2D eigenvalue weighted by atomic mass is 9.48. The number of hydrogen-bond acceptors (Lipinski definition) is 2. The predicted octanol–water partition coefficient (Wildman–Crippen LogP) is 4.07. The number of hydrogen-bond donors (Lipinski definition) is 1. The van der Waals surface area contributed by atoms with E-state index in [1.165, 1.54) is 32.1 Å². The molecule has 0 radical (unpaired) electrons. The summed E-state index contributed by atoms with van der Waals surface area (Å²) < 4.78 is 0.